The van der Waals surface area contributed by atoms with E-state index in [1.165, 1.54) is 6.92 Å². The van der Waals surface area contributed by atoms with E-state index in [1.54, 1.807) is 0 Å². The minimum absolute atomic E-state index is 0.0842. The number of sulfonamides is 2. The summed E-state index contributed by atoms with van der Waals surface area (Å²) in [5.74, 6) is -11.3. The van der Waals surface area contributed by atoms with Crippen LogP contribution < -0.4 is 8.31 Å². The maximum Gasteiger partial charge on any atom is 0.512 e. The van der Waals surface area contributed by atoms with Crippen molar-refractivity contribution >= 4 is 42.1 Å². The Labute approximate surface area is 217 Å². The van der Waals surface area contributed by atoms with Gasteiger partial charge in [-0.25, -0.2) is 26.4 Å². The van der Waals surface area contributed by atoms with E-state index >= 15 is 0 Å². The van der Waals surface area contributed by atoms with Gasteiger partial charge in [0.05, 0.1) is 5.56 Å². The van der Waals surface area contributed by atoms with Crippen LogP contribution in [0.4, 0.5) is 39.5 Å². The largest absolute Gasteiger partial charge is 0.512 e. The standard InChI is InChI=1S/C16H12F9NO11S3/c1-8(2)11(27)35-7-36-12(28)9-3-5-10(6-4-9)37-40(33,34)15(21,22)13(17,18)14(19,20)38(29,30)26-39(31,32)16(23,24)25/h3-6,26H,1,7H2,2H3. The SMILES string of the molecule is C=C(C)C(=O)OCOC(=O)c1ccc(OS(=O)(=O)C(F)(F)C(F)(F)C(F)(F)S(=O)(=O)NS(=O)(=O)C(F)(F)F)cc1. The highest BCUT2D eigenvalue weighted by Gasteiger charge is 2.83. The number of nitrogens with one attached hydrogen (secondary N) is 1. The second-order valence-electron chi connectivity index (χ2n) is 6.97. The third kappa shape index (κ3) is 6.77. The molecule has 0 saturated heterocycles. The highest BCUT2D eigenvalue weighted by atomic mass is 32.3. The Bertz CT molecular complexity index is 1490. The molecular weight excluding hydrogens is 649 g/mol. The van der Waals surface area contributed by atoms with Crippen molar-refractivity contribution in [3.63, 3.8) is 0 Å². The van der Waals surface area contributed by atoms with E-state index in [0.717, 1.165) is 0 Å². The summed E-state index contributed by atoms with van der Waals surface area (Å²) in [7, 11) is -22.7. The molecule has 1 N–H and O–H groups in total. The van der Waals surface area contributed by atoms with Crippen molar-refractivity contribution in [2.45, 2.75) is 28.9 Å². The predicted molar refractivity (Wildman–Crippen MR) is 109 cm³/mol. The maximum atomic E-state index is 14.1. The highest BCUT2D eigenvalue weighted by molar-refractivity contribution is 8.05. The first-order chi connectivity index (χ1) is 17.6. The molecule has 0 radical (unpaired) electrons. The van der Waals surface area contributed by atoms with E-state index in [4.69, 9.17) is 0 Å². The van der Waals surface area contributed by atoms with Crippen LogP contribution in [0.1, 0.15) is 17.3 Å². The summed E-state index contributed by atoms with van der Waals surface area (Å²) < 4.78 is 200. The normalized spacial score (nSPS) is 13.8. The molecule has 0 fully saturated rings. The minimum Gasteiger partial charge on any atom is -0.425 e. The second-order valence-corrected chi connectivity index (χ2v) is 12.2. The van der Waals surface area contributed by atoms with E-state index in [0.29, 0.717) is 24.3 Å². The Morgan fingerprint density at radius 1 is 0.800 bits per heavy atom. The van der Waals surface area contributed by atoms with Crippen LogP contribution in [0.2, 0.25) is 0 Å². The third-order valence-electron chi connectivity index (χ3n) is 3.93. The Hall–Kier alpha value is -3.12. The summed E-state index contributed by atoms with van der Waals surface area (Å²) in [5, 5.41) is -14.8. The van der Waals surface area contributed by atoms with Crippen molar-refractivity contribution in [2.24, 2.45) is 0 Å². The molecule has 0 atom stereocenters. The van der Waals surface area contributed by atoms with E-state index in [1.807, 2.05) is 0 Å². The molecular formula is C16H12F9NO11S3. The molecule has 40 heavy (non-hydrogen) atoms. The Morgan fingerprint density at radius 3 is 1.70 bits per heavy atom. The fourth-order valence-corrected chi connectivity index (χ4v) is 5.30. The van der Waals surface area contributed by atoms with Crippen molar-refractivity contribution in [3.8, 4) is 5.75 Å². The molecule has 0 amide bonds. The van der Waals surface area contributed by atoms with Gasteiger partial charge in [-0.3, -0.25) is 0 Å². The number of carbonyl (C=O) groups is 2. The van der Waals surface area contributed by atoms with E-state index < -0.39 is 86.3 Å². The minimum atomic E-state index is -7.94. The summed E-state index contributed by atoms with van der Waals surface area (Å²) in [6.07, 6.45) is 0. The Balaban J connectivity index is 3.22. The molecule has 0 heterocycles. The van der Waals surface area contributed by atoms with Gasteiger partial charge < -0.3 is 13.7 Å². The smallest absolute Gasteiger partial charge is 0.425 e. The fourth-order valence-electron chi connectivity index (χ4n) is 1.91. The lowest BCUT2D eigenvalue weighted by molar-refractivity contribution is -0.245. The summed E-state index contributed by atoms with van der Waals surface area (Å²) in [5.41, 5.74) is -7.33. The number of halogens is 9. The van der Waals surface area contributed by atoms with Gasteiger partial charge in [0, 0.05) is 5.57 Å². The highest BCUT2D eigenvalue weighted by Crippen LogP contribution is 2.51. The fraction of sp³-hybridized carbons (Fsp3) is 0.375. The van der Waals surface area contributed by atoms with E-state index in [9.17, 15) is 74.4 Å². The van der Waals surface area contributed by atoms with Crippen molar-refractivity contribution in [1.82, 2.24) is 4.13 Å². The monoisotopic (exact) mass is 661 g/mol. The number of alkyl halides is 9. The lowest BCUT2D eigenvalue weighted by Gasteiger charge is -2.31. The average Bonchev–Trinajstić information content (AvgIpc) is 2.77. The van der Waals surface area contributed by atoms with E-state index in [-0.39, 0.29) is 5.57 Å². The molecule has 228 valence electrons. The van der Waals surface area contributed by atoms with Crippen molar-refractivity contribution < 1.29 is 88.0 Å². The molecule has 0 aliphatic rings. The van der Waals surface area contributed by atoms with Crippen LogP contribution in [0.5, 0.6) is 5.75 Å². The Kier molecular flexibility index (Phi) is 9.63. The van der Waals surface area contributed by atoms with Gasteiger partial charge >= 0.3 is 54.0 Å². The first-order valence-corrected chi connectivity index (χ1v) is 13.5. The van der Waals surface area contributed by atoms with Crippen LogP contribution in [0.3, 0.4) is 0 Å². The van der Waals surface area contributed by atoms with Crippen LogP contribution in [-0.2, 0) is 44.4 Å². The number of hydrogen-bond donors (Lipinski definition) is 1. The number of hydrogen-bond acceptors (Lipinski definition) is 11. The molecule has 0 bridgehead atoms. The number of benzene rings is 1. The van der Waals surface area contributed by atoms with Crippen LogP contribution >= 0.6 is 0 Å². The lowest BCUT2D eigenvalue weighted by Crippen LogP contribution is -2.64. The quantitative estimate of drug-likeness (QED) is 0.114. The van der Waals surface area contributed by atoms with Crippen LogP contribution in [0.25, 0.3) is 0 Å². The maximum absolute atomic E-state index is 14.1. The van der Waals surface area contributed by atoms with Gasteiger partial charge in [0.1, 0.15) is 5.75 Å². The number of rotatable bonds is 12. The summed E-state index contributed by atoms with van der Waals surface area (Å²) >= 11 is 0. The van der Waals surface area contributed by atoms with Crippen LogP contribution in [0, 0.1) is 0 Å². The first-order valence-electron chi connectivity index (χ1n) is 9.16. The van der Waals surface area contributed by atoms with Gasteiger partial charge in [0.25, 0.3) is 10.0 Å². The first kappa shape index (κ1) is 34.9. The topological polar surface area (TPSA) is 176 Å². The summed E-state index contributed by atoms with van der Waals surface area (Å²) in [6, 6.07) is 1.67. The van der Waals surface area contributed by atoms with Gasteiger partial charge in [0.2, 0.25) is 6.79 Å². The number of ether oxygens (including phenoxy) is 2. The molecule has 0 aliphatic heterocycles. The van der Waals surface area contributed by atoms with Gasteiger partial charge in [0.15, 0.2) is 0 Å². The zero-order chi connectivity index (χ0) is 31.8. The zero-order valence-corrected chi connectivity index (χ0v) is 21.3. The van der Waals surface area contributed by atoms with Crippen LogP contribution in [0.15, 0.2) is 36.4 Å². The molecule has 1 rings (SSSR count). The van der Waals surface area contributed by atoms with Gasteiger partial charge in [-0.15, -0.1) is 0 Å². The van der Waals surface area contributed by atoms with Crippen molar-refractivity contribution in [2.75, 3.05) is 6.79 Å². The Morgan fingerprint density at radius 2 is 1.27 bits per heavy atom. The average molecular weight is 661 g/mol. The molecule has 1 aromatic rings. The van der Waals surface area contributed by atoms with Crippen molar-refractivity contribution in [1.29, 1.82) is 0 Å². The van der Waals surface area contributed by atoms with Gasteiger partial charge in [-0.1, -0.05) is 10.7 Å². The van der Waals surface area contributed by atoms with E-state index in [2.05, 4.69) is 20.2 Å². The molecule has 12 nitrogen and oxygen atoms in total. The molecule has 0 spiro atoms. The molecule has 24 heteroatoms. The molecule has 0 aromatic heterocycles. The zero-order valence-electron chi connectivity index (χ0n) is 18.8. The number of esters is 2. The molecule has 0 saturated carbocycles. The van der Waals surface area contributed by atoms with Crippen molar-refractivity contribution in [3.05, 3.63) is 42.0 Å². The lowest BCUT2D eigenvalue weighted by atomic mass is 10.2. The third-order valence-corrected chi connectivity index (χ3v) is 8.52. The predicted octanol–water partition coefficient (Wildman–Crippen LogP) is 2.22. The molecule has 0 unspecified atom stereocenters. The van der Waals surface area contributed by atoms with Crippen LogP contribution in [-0.4, -0.2) is 65.9 Å². The second kappa shape index (κ2) is 11.0. The molecule has 0 aliphatic carbocycles. The summed E-state index contributed by atoms with van der Waals surface area (Å²) in [6.45, 7) is 3.49. The summed E-state index contributed by atoms with van der Waals surface area (Å²) in [4.78, 5) is 22.9. The number of carbonyl (C=O) groups excluding carboxylic acids is 2. The van der Waals surface area contributed by atoms with Gasteiger partial charge in [-0.2, -0.15) is 47.9 Å². The van der Waals surface area contributed by atoms with Gasteiger partial charge in [-0.05, 0) is 31.2 Å². The molecule has 1 aromatic carbocycles.